The van der Waals surface area contributed by atoms with E-state index in [4.69, 9.17) is 0 Å². The number of Topliss-reactive ketones (excluding diaryl/α,β-unsaturated/α-hetero) is 1. The fourth-order valence-electron chi connectivity index (χ4n) is 3.31. The topological polar surface area (TPSA) is 51.1 Å². The Kier molecular flexibility index (Phi) is 5.84. The molecule has 0 bridgehead atoms. The van der Waals surface area contributed by atoms with Crippen LogP contribution in [0, 0.1) is 0 Å². The molecule has 0 atom stereocenters. The summed E-state index contributed by atoms with van der Waals surface area (Å²) in [6.45, 7) is 1.27. The molecular weight excluding hydrogens is 426 g/mol. The Morgan fingerprint density at radius 1 is 1.00 bits per heavy atom. The molecule has 1 amide bonds. The molecule has 1 aromatic heterocycles. The first-order valence-corrected chi connectivity index (χ1v) is 9.11. The Labute approximate surface area is 172 Å². The van der Waals surface area contributed by atoms with Gasteiger partial charge in [0, 0.05) is 17.3 Å². The number of anilines is 1. The predicted molar refractivity (Wildman–Crippen MR) is 102 cm³/mol. The van der Waals surface area contributed by atoms with Crippen LogP contribution in [0.3, 0.4) is 0 Å². The molecule has 0 aliphatic rings. The van der Waals surface area contributed by atoms with Crippen molar-refractivity contribution in [3.63, 3.8) is 0 Å². The molecule has 0 aliphatic carbocycles. The van der Waals surface area contributed by atoms with Crippen LogP contribution in [-0.4, -0.2) is 22.4 Å². The summed E-state index contributed by atoms with van der Waals surface area (Å²) in [5, 5.41) is 2.36. The first kappa shape index (κ1) is 22.4. The zero-order valence-electron chi connectivity index (χ0n) is 16.1. The summed E-state index contributed by atoms with van der Waals surface area (Å²) in [7, 11) is 0. The molecule has 164 valence electrons. The highest BCUT2D eigenvalue weighted by atomic mass is 19.4. The summed E-state index contributed by atoms with van der Waals surface area (Å²) in [6, 6.07) is 8.51. The molecule has 3 rings (SSSR count). The zero-order chi connectivity index (χ0) is 23.0. The van der Waals surface area contributed by atoms with Gasteiger partial charge in [-0.15, -0.1) is 0 Å². The largest absolute Gasteiger partial charge is 0.454 e. The lowest BCUT2D eigenvalue weighted by molar-refractivity contribution is -0.137. The minimum Gasteiger partial charge on any atom is -0.337 e. The third-order valence-electron chi connectivity index (χ3n) is 4.65. The predicted octanol–water partition coefficient (Wildman–Crippen LogP) is 5.61. The van der Waals surface area contributed by atoms with E-state index in [1.807, 2.05) is 0 Å². The number of benzene rings is 2. The van der Waals surface area contributed by atoms with E-state index in [0.717, 1.165) is 24.4 Å². The number of hydrogen-bond donors (Lipinski definition) is 1. The van der Waals surface area contributed by atoms with Crippen LogP contribution in [0.4, 0.5) is 32.0 Å². The van der Waals surface area contributed by atoms with Crippen molar-refractivity contribution in [3.05, 3.63) is 65.4 Å². The number of hydrogen-bond acceptors (Lipinski definition) is 2. The number of fused-ring (bicyclic) bond motifs is 1. The Bertz CT molecular complexity index is 1140. The smallest absolute Gasteiger partial charge is 0.337 e. The van der Waals surface area contributed by atoms with Gasteiger partial charge in [-0.2, -0.15) is 26.3 Å². The first-order chi connectivity index (χ1) is 14.4. The Balaban J connectivity index is 1.96. The number of ketones is 1. The average Bonchev–Trinajstić information content (AvgIpc) is 3.04. The summed E-state index contributed by atoms with van der Waals surface area (Å²) < 4.78 is 78.8. The van der Waals surface area contributed by atoms with Gasteiger partial charge in [0.1, 0.15) is 6.54 Å². The molecule has 0 aliphatic heterocycles. The summed E-state index contributed by atoms with van der Waals surface area (Å²) >= 11 is 0. The van der Waals surface area contributed by atoms with Crippen LogP contribution < -0.4 is 5.32 Å². The number of nitrogens with one attached hydrogen (secondary N) is 1. The lowest BCUT2D eigenvalue weighted by atomic mass is 10.0. The molecular formula is C21H16F6N2O2. The monoisotopic (exact) mass is 442 g/mol. The molecule has 0 fully saturated rings. The summed E-state index contributed by atoms with van der Waals surface area (Å²) in [5.74, 6) is -2.80. The van der Waals surface area contributed by atoms with Crippen molar-refractivity contribution >= 4 is 28.3 Å². The minimum absolute atomic E-state index is 0.0496. The van der Waals surface area contributed by atoms with Crippen molar-refractivity contribution < 1.29 is 35.9 Å². The Morgan fingerprint density at radius 3 is 2.29 bits per heavy atom. The first-order valence-electron chi connectivity index (χ1n) is 9.11. The molecule has 10 heteroatoms. The molecule has 4 nitrogen and oxygen atoms in total. The lowest BCUT2D eigenvalue weighted by Gasteiger charge is -2.11. The Hall–Kier alpha value is -3.30. The van der Waals surface area contributed by atoms with E-state index in [-0.39, 0.29) is 16.6 Å². The number of aryl methyl sites for hydroxylation is 1. The van der Waals surface area contributed by atoms with Crippen LogP contribution in [0.5, 0.6) is 0 Å². The second-order valence-electron chi connectivity index (χ2n) is 6.79. The minimum atomic E-state index is -5.10. The van der Waals surface area contributed by atoms with E-state index in [9.17, 15) is 35.9 Å². The van der Waals surface area contributed by atoms with Gasteiger partial charge in [0.15, 0.2) is 0 Å². The molecule has 0 spiro atoms. The lowest BCUT2D eigenvalue weighted by Crippen LogP contribution is -2.22. The number of nitrogens with zero attached hydrogens (tertiary/aromatic N) is 1. The number of alkyl halides is 6. The summed E-state index contributed by atoms with van der Waals surface area (Å²) in [5.41, 5.74) is -0.756. The standard InChI is InChI=1S/C21H16F6N2O2/c1-2-12-5-3-8-15-16(19(31)21(25,26)27)10-29(18(12)15)11-17(30)28-14-7-4-6-13(9-14)20(22,23)24/h3-10H,2,11H2,1H3,(H,28,30). The number of carbonyl (C=O) groups is 2. The molecule has 3 aromatic rings. The maximum atomic E-state index is 13.0. The van der Waals surface area contributed by atoms with E-state index < -0.39 is 41.7 Å². The summed E-state index contributed by atoms with van der Waals surface area (Å²) in [6.07, 6.45) is -8.32. The van der Waals surface area contributed by atoms with Crippen molar-refractivity contribution in [2.75, 3.05) is 5.32 Å². The van der Waals surface area contributed by atoms with Gasteiger partial charge >= 0.3 is 12.4 Å². The van der Waals surface area contributed by atoms with Crippen molar-refractivity contribution in [3.8, 4) is 0 Å². The quantitative estimate of drug-likeness (QED) is 0.413. The zero-order valence-corrected chi connectivity index (χ0v) is 16.1. The third-order valence-corrected chi connectivity index (χ3v) is 4.65. The van der Waals surface area contributed by atoms with Crippen molar-refractivity contribution in [2.24, 2.45) is 0 Å². The Morgan fingerprint density at radius 2 is 1.68 bits per heavy atom. The molecule has 1 heterocycles. The fourth-order valence-corrected chi connectivity index (χ4v) is 3.31. The molecule has 0 unspecified atom stereocenters. The molecule has 0 saturated carbocycles. The third kappa shape index (κ3) is 4.73. The maximum absolute atomic E-state index is 13.0. The SMILES string of the molecule is CCc1cccc2c(C(=O)C(F)(F)F)cn(CC(=O)Nc3cccc(C(F)(F)F)c3)c12. The van der Waals surface area contributed by atoms with Gasteiger partial charge in [0.25, 0.3) is 5.78 Å². The van der Waals surface area contributed by atoms with Crippen LogP contribution in [0.15, 0.2) is 48.7 Å². The molecule has 31 heavy (non-hydrogen) atoms. The number of para-hydroxylation sites is 1. The number of aromatic nitrogens is 1. The van der Waals surface area contributed by atoms with Gasteiger partial charge in [-0.25, -0.2) is 0 Å². The highest BCUT2D eigenvalue weighted by molar-refractivity contribution is 6.11. The van der Waals surface area contributed by atoms with Gasteiger partial charge in [0.2, 0.25) is 5.91 Å². The van der Waals surface area contributed by atoms with Crippen LogP contribution in [-0.2, 0) is 23.9 Å². The number of amides is 1. The van der Waals surface area contributed by atoms with Crippen LogP contribution >= 0.6 is 0 Å². The molecule has 2 aromatic carbocycles. The van der Waals surface area contributed by atoms with E-state index in [2.05, 4.69) is 5.32 Å². The van der Waals surface area contributed by atoms with Crippen LogP contribution in [0.25, 0.3) is 10.9 Å². The van der Waals surface area contributed by atoms with E-state index >= 15 is 0 Å². The fraction of sp³-hybridized carbons (Fsp3) is 0.238. The molecule has 0 saturated heterocycles. The van der Waals surface area contributed by atoms with Gasteiger partial charge < -0.3 is 9.88 Å². The number of carbonyl (C=O) groups excluding carboxylic acids is 2. The van der Waals surface area contributed by atoms with Crippen molar-refractivity contribution in [2.45, 2.75) is 32.2 Å². The van der Waals surface area contributed by atoms with Gasteiger partial charge in [-0.1, -0.05) is 31.2 Å². The van der Waals surface area contributed by atoms with E-state index in [1.54, 1.807) is 13.0 Å². The number of halogens is 6. The van der Waals surface area contributed by atoms with Gasteiger partial charge in [0.05, 0.1) is 16.6 Å². The highest BCUT2D eigenvalue weighted by Gasteiger charge is 2.41. The normalized spacial score (nSPS) is 12.2. The molecule has 0 radical (unpaired) electrons. The van der Waals surface area contributed by atoms with E-state index in [1.165, 1.54) is 22.8 Å². The average molecular weight is 442 g/mol. The van der Waals surface area contributed by atoms with E-state index in [0.29, 0.717) is 12.0 Å². The van der Waals surface area contributed by atoms with Gasteiger partial charge in [-0.3, -0.25) is 9.59 Å². The van der Waals surface area contributed by atoms with Crippen LogP contribution in [0.2, 0.25) is 0 Å². The second kappa shape index (κ2) is 8.09. The maximum Gasteiger partial charge on any atom is 0.454 e. The van der Waals surface area contributed by atoms with Gasteiger partial charge in [-0.05, 0) is 30.2 Å². The van der Waals surface area contributed by atoms with Crippen LogP contribution in [0.1, 0.15) is 28.4 Å². The highest BCUT2D eigenvalue weighted by Crippen LogP contribution is 2.32. The molecule has 1 N–H and O–H groups in total. The van der Waals surface area contributed by atoms with Crippen molar-refractivity contribution in [1.29, 1.82) is 0 Å². The number of rotatable bonds is 5. The second-order valence-corrected chi connectivity index (χ2v) is 6.79. The van der Waals surface area contributed by atoms with Crippen molar-refractivity contribution in [1.82, 2.24) is 4.57 Å². The summed E-state index contributed by atoms with van der Waals surface area (Å²) in [4.78, 5) is 24.3.